The van der Waals surface area contributed by atoms with Crippen LogP contribution in [0.25, 0.3) is 0 Å². The van der Waals surface area contributed by atoms with E-state index < -0.39 is 6.10 Å². The van der Waals surface area contributed by atoms with Gasteiger partial charge in [-0.25, -0.2) is 4.79 Å². The maximum Gasteiger partial charge on any atom is 0.315 e. The van der Waals surface area contributed by atoms with E-state index in [1.165, 1.54) is 5.56 Å². The van der Waals surface area contributed by atoms with Crippen molar-refractivity contribution in [3.05, 3.63) is 70.8 Å². The second-order valence-corrected chi connectivity index (χ2v) is 5.76. The third-order valence-electron chi connectivity index (χ3n) is 4.03. The lowest BCUT2D eigenvalue weighted by Gasteiger charge is -2.18. The molecule has 0 heterocycles. The van der Waals surface area contributed by atoms with Crippen LogP contribution in [0.2, 0.25) is 0 Å². The van der Waals surface area contributed by atoms with Gasteiger partial charge in [-0.3, -0.25) is 0 Å². The molecule has 2 aromatic carbocycles. The summed E-state index contributed by atoms with van der Waals surface area (Å²) in [6.45, 7) is 2.49. The lowest BCUT2D eigenvalue weighted by molar-refractivity contribution is 0.142. The van der Waals surface area contributed by atoms with Gasteiger partial charge in [0.1, 0.15) is 0 Å². The summed E-state index contributed by atoms with van der Waals surface area (Å²) in [6, 6.07) is 15.2. The van der Waals surface area contributed by atoms with Gasteiger partial charge in [-0.1, -0.05) is 54.1 Å². The van der Waals surface area contributed by atoms with Crippen molar-refractivity contribution in [1.82, 2.24) is 10.6 Å². The molecule has 0 radical (unpaired) electrons. The Hall–Kier alpha value is -2.33. The number of benzene rings is 2. The van der Waals surface area contributed by atoms with E-state index in [-0.39, 0.29) is 12.1 Å². The van der Waals surface area contributed by atoms with Crippen LogP contribution in [-0.2, 0) is 13.0 Å². The lowest BCUT2D eigenvalue weighted by Crippen LogP contribution is -2.40. The zero-order valence-electron chi connectivity index (χ0n) is 12.5. The predicted octanol–water partition coefficient (Wildman–Crippen LogP) is 2.45. The molecule has 0 spiro atoms. The summed E-state index contributed by atoms with van der Waals surface area (Å²) in [5, 5.41) is 15.9. The van der Waals surface area contributed by atoms with Crippen LogP contribution >= 0.6 is 0 Å². The van der Waals surface area contributed by atoms with E-state index >= 15 is 0 Å². The molecule has 0 saturated heterocycles. The minimum Gasteiger partial charge on any atom is -0.390 e. The van der Waals surface area contributed by atoms with Crippen LogP contribution < -0.4 is 10.6 Å². The highest BCUT2D eigenvalue weighted by molar-refractivity contribution is 5.74. The van der Waals surface area contributed by atoms with Crippen LogP contribution in [0.1, 0.15) is 28.3 Å². The van der Waals surface area contributed by atoms with Crippen LogP contribution in [0.15, 0.2) is 48.5 Å². The number of aryl methyl sites for hydroxylation is 1. The molecular weight excluding hydrogens is 276 g/mol. The molecule has 0 fully saturated rings. The highest BCUT2D eigenvalue weighted by Crippen LogP contribution is 2.30. The van der Waals surface area contributed by atoms with Crippen molar-refractivity contribution in [2.24, 2.45) is 0 Å². The average Bonchev–Trinajstić information content (AvgIpc) is 2.81. The first-order chi connectivity index (χ1) is 10.6. The second kappa shape index (κ2) is 6.20. The van der Waals surface area contributed by atoms with Gasteiger partial charge < -0.3 is 15.7 Å². The van der Waals surface area contributed by atoms with E-state index in [0.717, 1.165) is 16.7 Å². The van der Waals surface area contributed by atoms with Crippen LogP contribution in [-0.4, -0.2) is 17.2 Å². The fourth-order valence-electron chi connectivity index (χ4n) is 2.94. The van der Waals surface area contributed by atoms with Crippen LogP contribution in [0.4, 0.5) is 4.79 Å². The van der Waals surface area contributed by atoms with Crippen molar-refractivity contribution in [2.75, 3.05) is 0 Å². The quantitative estimate of drug-likeness (QED) is 0.815. The van der Waals surface area contributed by atoms with Crippen molar-refractivity contribution in [3.63, 3.8) is 0 Å². The van der Waals surface area contributed by atoms with Gasteiger partial charge in [0.05, 0.1) is 12.1 Å². The lowest BCUT2D eigenvalue weighted by atomic mass is 10.1. The van der Waals surface area contributed by atoms with Crippen molar-refractivity contribution in [1.29, 1.82) is 0 Å². The smallest absolute Gasteiger partial charge is 0.315 e. The fraction of sp³-hybridized carbons (Fsp3) is 0.278. The summed E-state index contributed by atoms with van der Waals surface area (Å²) in [5.74, 6) is 0. The molecule has 2 atom stereocenters. The van der Waals surface area contributed by atoms with Gasteiger partial charge in [-0.05, 0) is 23.6 Å². The van der Waals surface area contributed by atoms with E-state index in [0.29, 0.717) is 13.0 Å². The van der Waals surface area contributed by atoms with Gasteiger partial charge in [0.25, 0.3) is 0 Å². The average molecular weight is 296 g/mol. The molecule has 3 rings (SSSR count). The number of aliphatic hydroxyl groups is 1. The Morgan fingerprint density at radius 3 is 2.86 bits per heavy atom. The fourth-order valence-corrected chi connectivity index (χ4v) is 2.94. The van der Waals surface area contributed by atoms with Gasteiger partial charge in [-0.2, -0.15) is 0 Å². The predicted molar refractivity (Wildman–Crippen MR) is 85.4 cm³/mol. The third-order valence-corrected chi connectivity index (χ3v) is 4.03. The number of amides is 2. The molecule has 4 heteroatoms. The van der Waals surface area contributed by atoms with E-state index in [2.05, 4.69) is 10.6 Å². The first-order valence-electron chi connectivity index (χ1n) is 7.49. The Morgan fingerprint density at radius 2 is 2.05 bits per heavy atom. The Labute approximate surface area is 130 Å². The summed E-state index contributed by atoms with van der Waals surface area (Å²) in [4.78, 5) is 12.1. The van der Waals surface area contributed by atoms with E-state index in [9.17, 15) is 9.90 Å². The standard InChI is InChI=1S/C18H20N2O2/c1-12-5-4-6-13(9-12)11-19-18(22)20-17-15-8-3-2-7-14(15)10-16(17)21/h2-9,16-17,21H,10-11H2,1H3,(H2,19,20,22). The molecule has 0 aliphatic heterocycles. The number of carbonyl (C=O) groups is 1. The molecule has 1 aliphatic rings. The van der Waals surface area contributed by atoms with Gasteiger partial charge in [0, 0.05) is 13.0 Å². The number of nitrogens with one attached hydrogen (secondary N) is 2. The molecule has 2 aromatic rings. The minimum atomic E-state index is -0.567. The Kier molecular flexibility index (Phi) is 4.11. The topological polar surface area (TPSA) is 61.4 Å². The van der Waals surface area contributed by atoms with Gasteiger partial charge in [-0.15, -0.1) is 0 Å². The molecule has 0 aromatic heterocycles. The number of rotatable bonds is 3. The monoisotopic (exact) mass is 296 g/mol. The van der Waals surface area contributed by atoms with E-state index in [4.69, 9.17) is 0 Å². The molecule has 2 amide bonds. The van der Waals surface area contributed by atoms with Gasteiger partial charge in [0.2, 0.25) is 0 Å². The van der Waals surface area contributed by atoms with E-state index in [1.807, 2.05) is 55.5 Å². The first kappa shape index (κ1) is 14.6. The number of hydrogen-bond acceptors (Lipinski definition) is 2. The van der Waals surface area contributed by atoms with E-state index in [1.54, 1.807) is 0 Å². The minimum absolute atomic E-state index is 0.262. The molecule has 4 nitrogen and oxygen atoms in total. The van der Waals surface area contributed by atoms with Crippen LogP contribution in [0, 0.1) is 6.92 Å². The summed E-state index contributed by atoms with van der Waals surface area (Å²) >= 11 is 0. The molecule has 114 valence electrons. The van der Waals surface area contributed by atoms with Crippen LogP contribution in [0.3, 0.4) is 0 Å². The number of urea groups is 1. The maximum absolute atomic E-state index is 12.1. The summed E-state index contributed by atoms with van der Waals surface area (Å²) in [5.41, 5.74) is 4.32. The van der Waals surface area contributed by atoms with Crippen molar-refractivity contribution >= 4 is 6.03 Å². The Morgan fingerprint density at radius 1 is 1.23 bits per heavy atom. The SMILES string of the molecule is Cc1cccc(CNC(=O)NC2c3ccccc3CC2O)c1. The number of carbonyl (C=O) groups excluding carboxylic acids is 1. The normalized spacial score (nSPS) is 19.5. The zero-order chi connectivity index (χ0) is 15.5. The molecule has 3 N–H and O–H groups in total. The van der Waals surface area contributed by atoms with Crippen LogP contribution in [0.5, 0.6) is 0 Å². The van der Waals surface area contributed by atoms with Crippen molar-refractivity contribution < 1.29 is 9.90 Å². The second-order valence-electron chi connectivity index (χ2n) is 5.76. The summed E-state index contributed by atoms with van der Waals surface area (Å²) < 4.78 is 0. The molecule has 1 aliphatic carbocycles. The molecule has 22 heavy (non-hydrogen) atoms. The number of aliphatic hydroxyl groups excluding tert-OH is 1. The largest absolute Gasteiger partial charge is 0.390 e. The van der Waals surface area contributed by atoms with Crippen molar-refractivity contribution in [3.8, 4) is 0 Å². The summed E-state index contributed by atoms with van der Waals surface area (Å²) in [6.07, 6.45) is 0.0149. The maximum atomic E-state index is 12.1. The molecule has 2 unspecified atom stereocenters. The highest BCUT2D eigenvalue weighted by atomic mass is 16.3. The summed E-state index contributed by atoms with van der Waals surface area (Å²) in [7, 11) is 0. The zero-order valence-corrected chi connectivity index (χ0v) is 12.5. The highest BCUT2D eigenvalue weighted by Gasteiger charge is 2.31. The number of fused-ring (bicyclic) bond motifs is 1. The Balaban J connectivity index is 1.60. The molecule has 0 saturated carbocycles. The molecule has 0 bridgehead atoms. The van der Waals surface area contributed by atoms with Gasteiger partial charge >= 0.3 is 6.03 Å². The Bertz CT molecular complexity index is 684. The van der Waals surface area contributed by atoms with Gasteiger partial charge in [0.15, 0.2) is 0 Å². The van der Waals surface area contributed by atoms with Crippen molar-refractivity contribution in [2.45, 2.75) is 32.0 Å². The number of hydrogen-bond donors (Lipinski definition) is 3. The molecular formula is C18H20N2O2. The third kappa shape index (κ3) is 3.12. The first-order valence-corrected chi connectivity index (χ1v) is 7.49.